The highest BCUT2D eigenvalue weighted by molar-refractivity contribution is 7.89. The summed E-state index contributed by atoms with van der Waals surface area (Å²) in [7, 11) is -3.86. The Balaban J connectivity index is 3.00. The zero-order chi connectivity index (χ0) is 16.3. The number of benzene rings is 1. The third-order valence-electron chi connectivity index (χ3n) is 3.50. The van der Waals surface area contributed by atoms with Crippen LogP contribution in [0.4, 0.5) is 0 Å². The number of nitrogens with one attached hydrogen (secondary N) is 1. The number of carbonyl (C=O) groups is 2. The summed E-state index contributed by atoms with van der Waals surface area (Å²) in [6.45, 7) is 4.28. The molecule has 0 bridgehead atoms. The first-order valence-corrected chi connectivity index (χ1v) is 7.95. The van der Waals surface area contributed by atoms with Crippen LogP contribution in [0.3, 0.4) is 0 Å². The molecule has 0 fully saturated rings. The van der Waals surface area contributed by atoms with Crippen LogP contribution >= 0.6 is 0 Å². The summed E-state index contributed by atoms with van der Waals surface area (Å²) in [6, 6.07) is 5.63. The Labute approximate surface area is 124 Å². The minimum atomic E-state index is -3.86. The van der Waals surface area contributed by atoms with Crippen LogP contribution in [-0.4, -0.2) is 31.8 Å². The number of hydrogen-bond acceptors (Lipinski definition) is 4. The van der Waals surface area contributed by atoms with E-state index in [1.54, 1.807) is 6.92 Å². The van der Waals surface area contributed by atoms with Crippen molar-refractivity contribution in [2.24, 2.45) is 5.41 Å². The summed E-state index contributed by atoms with van der Waals surface area (Å²) in [5, 5.41) is 9.14. The molecule has 0 spiro atoms. The molecule has 1 aromatic rings. The lowest BCUT2D eigenvalue weighted by Crippen LogP contribution is -2.40. The Hall–Kier alpha value is -1.73. The maximum atomic E-state index is 12.2. The molecule has 0 aliphatic carbocycles. The van der Waals surface area contributed by atoms with Crippen molar-refractivity contribution in [2.45, 2.75) is 32.1 Å². The van der Waals surface area contributed by atoms with Gasteiger partial charge in [0.2, 0.25) is 10.0 Å². The number of hydrogen-bond donors (Lipinski definition) is 2. The minimum absolute atomic E-state index is 0.0564. The van der Waals surface area contributed by atoms with E-state index >= 15 is 0 Å². The number of Topliss-reactive ketones (excluding diaryl/α,β-unsaturated/α-hetero) is 1. The molecular formula is C14H19NO5S. The second-order valence-corrected chi connectivity index (χ2v) is 6.89. The van der Waals surface area contributed by atoms with Crippen LogP contribution < -0.4 is 4.72 Å². The van der Waals surface area contributed by atoms with Crippen molar-refractivity contribution >= 4 is 21.8 Å². The van der Waals surface area contributed by atoms with Crippen molar-refractivity contribution in [1.29, 1.82) is 0 Å². The highest BCUT2D eigenvalue weighted by Crippen LogP contribution is 2.21. The standard InChI is InChI=1S/C14H19NO5S/c1-4-14(3,13(17)18)9-15-21(19,20)12-7-5-6-11(8-12)10(2)16/h5-8,15H,4,9H2,1-3H3,(H,17,18). The second kappa shape index (κ2) is 6.36. The Morgan fingerprint density at radius 1 is 1.33 bits per heavy atom. The maximum absolute atomic E-state index is 12.2. The van der Waals surface area contributed by atoms with Crippen LogP contribution in [-0.2, 0) is 14.8 Å². The number of carboxylic acid groups (broad SMARTS) is 1. The molecule has 0 heterocycles. The Kier molecular flexibility index (Phi) is 5.25. The van der Waals surface area contributed by atoms with E-state index in [1.807, 2.05) is 0 Å². The Morgan fingerprint density at radius 3 is 2.43 bits per heavy atom. The van der Waals surface area contributed by atoms with E-state index in [-0.39, 0.29) is 22.8 Å². The van der Waals surface area contributed by atoms with E-state index < -0.39 is 21.4 Å². The summed E-state index contributed by atoms with van der Waals surface area (Å²) in [5.41, 5.74) is -0.889. The van der Waals surface area contributed by atoms with E-state index in [1.165, 1.54) is 38.1 Å². The van der Waals surface area contributed by atoms with Gasteiger partial charge in [-0.1, -0.05) is 19.1 Å². The van der Waals surface area contributed by atoms with Crippen molar-refractivity contribution in [3.05, 3.63) is 29.8 Å². The molecule has 0 aliphatic heterocycles. The van der Waals surface area contributed by atoms with Gasteiger partial charge in [0, 0.05) is 12.1 Å². The van der Waals surface area contributed by atoms with Crippen LogP contribution in [0.25, 0.3) is 0 Å². The van der Waals surface area contributed by atoms with Gasteiger partial charge >= 0.3 is 5.97 Å². The van der Waals surface area contributed by atoms with Crippen molar-refractivity contribution in [3.63, 3.8) is 0 Å². The van der Waals surface area contributed by atoms with Gasteiger partial charge in [-0.15, -0.1) is 0 Å². The number of rotatable bonds is 7. The van der Waals surface area contributed by atoms with Crippen LogP contribution in [0.1, 0.15) is 37.6 Å². The number of ketones is 1. The molecule has 1 aromatic carbocycles. The maximum Gasteiger partial charge on any atom is 0.310 e. The molecule has 1 atom stereocenters. The molecule has 1 unspecified atom stereocenters. The fraction of sp³-hybridized carbons (Fsp3) is 0.429. The van der Waals surface area contributed by atoms with Crippen molar-refractivity contribution in [3.8, 4) is 0 Å². The molecule has 0 aromatic heterocycles. The zero-order valence-electron chi connectivity index (χ0n) is 12.2. The molecule has 0 saturated heterocycles. The van der Waals surface area contributed by atoms with Gasteiger partial charge in [0.15, 0.2) is 5.78 Å². The Bertz CT molecular complexity index is 653. The molecule has 6 nitrogen and oxygen atoms in total. The smallest absolute Gasteiger partial charge is 0.310 e. The number of carboxylic acids is 1. The van der Waals surface area contributed by atoms with Gasteiger partial charge in [0.1, 0.15) is 0 Å². The van der Waals surface area contributed by atoms with Crippen LogP contribution in [0.2, 0.25) is 0 Å². The lowest BCUT2D eigenvalue weighted by molar-refractivity contribution is -0.147. The molecule has 7 heteroatoms. The second-order valence-electron chi connectivity index (χ2n) is 5.13. The van der Waals surface area contributed by atoms with E-state index in [9.17, 15) is 18.0 Å². The van der Waals surface area contributed by atoms with Crippen molar-refractivity contribution in [2.75, 3.05) is 6.54 Å². The predicted octanol–water partition coefficient (Wildman–Crippen LogP) is 1.67. The molecule has 0 radical (unpaired) electrons. The SMILES string of the molecule is CCC(C)(CNS(=O)(=O)c1cccc(C(C)=O)c1)C(=O)O. The molecule has 0 amide bonds. The molecule has 0 saturated carbocycles. The molecule has 116 valence electrons. The normalized spacial score (nSPS) is 14.4. The predicted molar refractivity (Wildman–Crippen MR) is 77.7 cm³/mol. The lowest BCUT2D eigenvalue weighted by Gasteiger charge is -2.23. The van der Waals surface area contributed by atoms with Crippen LogP contribution in [0.15, 0.2) is 29.2 Å². The zero-order valence-corrected chi connectivity index (χ0v) is 13.0. The van der Waals surface area contributed by atoms with Gasteiger partial charge in [-0.2, -0.15) is 0 Å². The largest absolute Gasteiger partial charge is 0.481 e. The molecule has 2 N–H and O–H groups in total. The first kappa shape index (κ1) is 17.3. The molecule has 0 aliphatic rings. The van der Waals surface area contributed by atoms with Gasteiger partial charge in [-0.25, -0.2) is 13.1 Å². The summed E-state index contributed by atoms with van der Waals surface area (Å²) >= 11 is 0. The third kappa shape index (κ3) is 4.12. The van der Waals surface area contributed by atoms with Crippen molar-refractivity contribution in [1.82, 2.24) is 4.72 Å². The van der Waals surface area contributed by atoms with Gasteiger partial charge in [-0.05, 0) is 32.4 Å². The molecule has 21 heavy (non-hydrogen) atoms. The van der Waals surface area contributed by atoms with E-state index in [0.717, 1.165) is 0 Å². The highest BCUT2D eigenvalue weighted by Gasteiger charge is 2.32. The van der Waals surface area contributed by atoms with E-state index in [4.69, 9.17) is 5.11 Å². The van der Waals surface area contributed by atoms with Crippen LogP contribution in [0.5, 0.6) is 0 Å². The third-order valence-corrected chi connectivity index (χ3v) is 4.90. The molecule has 1 rings (SSSR count). The summed E-state index contributed by atoms with van der Waals surface area (Å²) in [5.74, 6) is -1.30. The van der Waals surface area contributed by atoms with Gasteiger partial charge in [-0.3, -0.25) is 9.59 Å². The van der Waals surface area contributed by atoms with E-state index in [0.29, 0.717) is 6.42 Å². The number of aliphatic carboxylic acids is 1. The Morgan fingerprint density at radius 2 is 1.95 bits per heavy atom. The summed E-state index contributed by atoms with van der Waals surface area (Å²) in [6.07, 6.45) is 0.290. The monoisotopic (exact) mass is 313 g/mol. The van der Waals surface area contributed by atoms with Gasteiger partial charge < -0.3 is 5.11 Å². The topological polar surface area (TPSA) is 101 Å². The highest BCUT2D eigenvalue weighted by atomic mass is 32.2. The first-order chi connectivity index (χ1) is 9.62. The molecular weight excluding hydrogens is 294 g/mol. The van der Waals surface area contributed by atoms with Crippen LogP contribution in [0, 0.1) is 5.41 Å². The van der Waals surface area contributed by atoms with Gasteiger partial charge in [0.05, 0.1) is 10.3 Å². The summed E-state index contributed by atoms with van der Waals surface area (Å²) < 4.78 is 26.6. The quantitative estimate of drug-likeness (QED) is 0.746. The van der Waals surface area contributed by atoms with E-state index in [2.05, 4.69) is 4.72 Å². The van der Waals surface area contributed by atoms with Crippen molar-refractivity contribution < 1.29 is 23.1 Å². The summed E-state index contributed by atoms with van der Waals surface area (Å²) in [4.78, 5) is 22.4. The first-order valence-electron chi connectivity index (χ1n) is 6.46. The fourth-order valence-electron chi connectivity index (χ4n) is 1.57. The number of carbonyl (C=O) groups excluding carboxylic acids is 1. The number of sulfonamides is 1. The average Bonchev–Trinajstić information content (AvgIpc) is 2.44. The lowest BCUT2D eigenvalue weighted by atomic mass is 9.88. The van der Waals surface area contributed by atoms with Gasteiger partial charge in [0.25, 0.3) is 0 Å². The fourth-order valence-corrected chi connectivity index (χ4v) is 2.79. The minimum Gasteiger partial charge on any atom is -0.481 e. The average molecular weight is 313 g/mol.